The third kappa shape index (κ3) is 4.51. The first-order valence-corrected chi connectivity index (χ1v) is 8.78. The first-order chi connectivity index (χ1) is 12.6. The molecule has 140 valence electrons. The highest BCUT2D eigenvalue weighted by Gasteiger charge is 2.28. The molecule has 1 aliphatic heterocycles. The molecule has 8 nitrogen and oxygen atoms in total. The van der Waals surface area contributed by atoms with Crippen LogP contribution in [-0.2, 0) is 0 Å². The lowest BCUT2D eigenvalue weighted by Gasteiger charge is -2.36. The van der Waals surface area contributed by atoms with Gasteiger partial charge in [-0.1, -0.05) is 6.07 Å². The number of ether oxygens (including phenoxy) is 1. The lowest BCUT2D eigenvalue weighted by Crippen LogP contribution is -2.43. The molecular weight excluding hydrogens is 358 g/mol. The van der Waals surface area contributed by atoms with Crippen LogP contribution < -0.4 is 15.0 Å². The van der Waals surface area contributed by atoms with Gasteiger partial charge in [0.25, 0.3) is 0 Å². The number of nitrogens with zero attached hydrogens (tertiary/aromatic N) is 4. The lowest BCUT2D eigenvalue weighted by molar-refractivity contribution is 0.144. The van der Waals surface area contributed by atoms with Gasteiger partial charge in [-0.15, -0.1) is 0 Å². The van der Waals surface area contributed by atoms with Crippen molar-refractivity contribution in [3.63, 3.8) is 0 Å². The molecule has 2 atom stereocenters. The third-order valence-corrected chi connectivity index (χ3v) is 4.51. The van der Waals surface area contributed by atoms with Crippen molar-refractivity contribution in [3.05, 3.63) is 29.5 Å². The minimum absolute atomic E-state index is 0.0563. The van der Waals surface area contributed by atoms with E-state index in [4.69, 9.17) is 16.3 Å². The summed E-state index contributed by atoms with van der Waals surface area (Å²) in [4.78, 5) is 14.7. The number of anilines is 3. The van der Waals surface area contributed by atoms with E-state index in [0.29, 0.717) is 30.7 Å². The zero-order valence-corrected chi connectivity index (χ0v) is 15.2. The Morgan fingerprint density at radius 2 is 1.92 bits per heavy atom. The molecule has 0 bridgehead atoms. The van der Waals surface area contributed by atoms with Gasteiger partial charge < -0.3 is 25.2 Å². The van der Waals surface area contributed by atoms with Crippen molar-refractivity contribution in [1.82, 2.24) is 15.0 Å². The molecule has 0 spiro atoms. The van der Waals surface area contributed by atoms with Crippen molar-refractivity contribution in [2.45, 2.75) is 6.42 Å². The molecule has 0 aliphatic carbocycles. The molecule has 9 heteroatoms. The van der Waals surface area contributed by atoms with Crippen LogP contribution in [0.3, 0.4) is 0 Å². The van der Waals surface area contributed by atoms with Crippen LogP contribution in [0.1, 0.15) is 6.42 Å². The fraction of sp³-hybridized carbons (Fsp3) is 0.471. The summed E-state index contributed by atoms with van der Waals surface area (Å²) in [6.45, 7) is 1.32. The number of halogens is 1. The molecule has 2 aromatic rings. The van der Waals surface area contributed by atoms with E-state index in [2.05, 4.69) is 20.3 Å². The molecule has 2 unspecified atom stereocenters. The van der Waals surface area contributed by atoms with Gasteiger partial charge in [-0.3, -0.25) is 0 Å². The number of rotatable bonds is 6. The Hall–Kier alpha value is -2.16. The number of benzene rings is 1. The summed E-state index contributed by atoms with van der Waals surface area (Å²) >= 11 is 6.08. The van der Waals surface area contributed by atoms with Gasteiger partial charge in [0.05, 0.1) is 7.11 Å². The summed E-state index contributed by atoms with van der Waals surface area (Å²) in [5.74, 6) is 1.58. The number of hydrogen-bond donors (Lipinski definition) is 3. The lowest BCUT2D eigenvalue weighted by atomic mass is 9.90. The number of aromatic nitrogens is 3. The zero-order valence-electron chi connectivity index (χ0n) is 14.5. The van der Waals surface area contributed by atoms with E-state index in [1.165, 1.54) is 0 Å². The molecule has 0 saturated carbocycles. The molecule has 0 amide bonds. The molecule has 3 N–H and O–H groups in total. The number of methoxy groups -OCH3 is 1. The Morgan fingerprint density at radius 3 is 2.58 bits per heavy atom. The Bertz CT molecular complexity index is 736. The van der Waals surface area contributed by atoms with Crippen LogP contribution in [0.2, 0.25) is 5.28 Å². The normalized spacial score (nSPS) is 20.1. The number of aliphatic hydroxyl groups is 2. The molecule has 1 saturated heterocycles. The fourth-order valence-corrected chi connectivity index (χ4v) is 3.27. The van der Waals surface area contributed by atoms with E-state index in [-0.39, 0.29) is 30.3 Å². The topological polar surface area (TPSA) is 104 Å². The molecule has 1 aliphatic rings. The molecule has 0 radical (unpaired) electrons. The second kappa shape index (κ2) is 8.48. The van der Waals surface area contributed by atoms with Gasteiger partial charge >= 0.3 is 0 Å². The van der Waals surface area contributed by atoms with Crippen LogP contribution >= 0.6 is 11.6 Å². The van der Waals surface area contributed by atoms with Crippen LogP contribution in [0.25, 0.3) is 0 Å². The summed E-state index contributed by atoms with van der Waals surface area (Å²) in [6.07, 6.45) is 0.775. The smallest absolute Gasteiger partial charge is 0.233 e. The van der Waals surface area contributed by atoms with Gasteiger partial charge in [0.1, 0.15) is 5.75 Å². The van der Waals surface area contributed by atoms with E-state index in [1.807, 2.05) is 29.2 Å². The SMILES string of the molecule is COc1cccc(Nc2nc(Cl)nc(N3CC(CO)CC(CO)C3)n2)c1. The highest BCUT2D eigenvalue weighted by Crippen LogP contribution is 2.26. The summed E-state index contributed by atoms with van der Waals surface area (Å²) in [6, 6.07) is 7.38. The van der Waals surface area contributed by atoms with Gasteiger partial charge in [-0.2, -0.15) is 15.0 Å². The van der Waals surface area contributed by atoms with Gasteiger partial charge in [0.2, 0.25) is 17.2 Å². The van der Waals surface area contributed by atoms with Gasteiger partial charge in [-0.05, 0) is 30.2 Å². The maximum absolute atomic E-state index is 9.51. The Balaban J connectivity index is 1.82. The molecule has 26 heavy (non-hydrogen) atoms. The average molecular weight is 380 g/mol. The van der Waals surface area contributed by atoms with Crippen molar-refractivity contribution in [1.29, 1.82) is 0 Å². The van der Waals surface area contributed by atoms with Gasteiger partial charge in [0.15, 0.2) is 0 Å². The number of hydrogen-bond acceptors (Lipinski definition) is 8. The predicted molar refractivity (Wildman–Crippen MR) is 99.1 cm³/mol. The summed E-state index contributed by atoms with van der Waals surface area (Å²) in [7, 11) is 1.60. The van der Waals surface area contributed by atoms with E-state index in [1.54, 1.807) is 7.11 Å². The van der Waals surface area contributed by atoms with Crippen LogP contribution in [0.5, 0.6) is 5.75 Å². The largest absolute Gasteiger partial charge is 0.497 e. The van der Waals surface area contributed by atoms with E-state index < -0.39 is 0 Å². The van der Waals surface area contributed by atoms with Crippen LogP contribution in [-0.4, -0.2) is 58.6 Å². The summed E-state index contributed by atoms with van der Waals surface area (Å²) in [5, 5.41) is 22.2. The summed E-state index contributed by atoms with van der Waals surface area (Å²) < 4.78 is 5.21. The van der Waals surface area contributed by atoms with Gasteiger partial charge in [0, 0.05) is 49.9 Å². The van der Waals surface area contributed by atoms with E-state index in [9.17, 15) is 10.2 Å². The van der Waals surface area contributed by atoms with Gasteiger partial charge in [-0.25, -0.2) is 0 Å². The predicted octanol–water partition coefficient (Wildman–Crippen LogP) is 1.70. The minimum atomic E-state index is 0.0563. The molecular formula is C17H22ClN5O3. The van der Waals surface area contributed by atoms with Crippen molar-refractivity contribution in [3.8, 4) is 5.75 Å². The van der Waals surface area contributed by atoms with E-state index >= 15 is 0 Å². The summed E-state index contributed by atoms with van der Waals surface area (Å²) in [5.41, 5.74) is 0.762. The quantitative estimate of drug-likeness (QED) is 0.696. The third-order valence-electron chi connectivity index (χ3n) is 4.35. The maximum atomic E-state index is 9.51. The Kier molecular flexibility index (Phi) is 6.08. The Morgan fingerprint density at radius 1 is 1.19 bits per heavy atom. The number of aliphatic hydroxyl groups excluding tert-OH is 2. The first-order valence-electron chi connectivity index (χ1n) is 8.40. The minimum Gasteiger partial charge on any atom is -0.497 e. The second-order valence-electron chi connectivity index (χ2n) is 6.32. The first kappa shape index (κ1) is 18.6. The molecule has 1 aromatic heterocycles. The Labute approximate surface area is 156 Å². The highest BCUT2D eigenvalue weighted by atomic mass is 35.5. The maximum Gasteiger partial charge on any atom is 0.233 e. The van der Waals surface area contributed by atoms with Crippen molar-refractivity contribution in [2.24, 2.45) is 11.8 Å². The molecule has 1 fully saturated rings. The van der Waals surface area contributed by atoms with Crippen LogP contribution in [0, 0.1) is 11.8 Å². The van der Waals surface area contributed by atoms with Crippen molar-refractivity contribution in [2.75, 3.05) is 43.6 Å². The monoisotopic (exact) mass is 379 g/mol. The standard InChI is InChI=1S/C17H22ClN5O3/c1-26-14-4-2-3-13(6-14)19-16-20-15(18)21-17(22-16)23-7-11(9-24)5-12(8-23)10-25/h2-4,6,11-12,24-25H,5,7-10H2,1H3,(H,19,20,21,22). The van der Waals surface area contributed by atoms with Crippen molar-refractivity contribution < 1.29 is 14.9 Å². The number of nitrogens with one attached hydrogen (secondary N) is 1. The highest BCUT2D eigenvalue weighted by molar-refractivity contribution is 6.28. The van der Waals surface area contributed by atoms with Crippen LogP contribution in [0.15, 0.2) is 24.3 Å². The molecule has 3 rings (SSSR count). The second-order valence-corrected chi connectivity index (χ2v) is 6.66. The number of piperidine rings is 1. The zero-order chi connectivity index (χ0) is 18.5. The van der Waals surface area contributed by atoms with Crippen molar-refractivity contribution >= 4 is 29.2 Å². The fourth-order valence-electron chi connectivity index (χ4n) is 3.11. The van der Waals surface area contributed by atoms with Crippen LogP contribution in [0.4, 0.5) is 17.6 Å². The average Bonchev–Trinajstić information content (AvgIpc) is 2.67. The molecule has 2 heterocycles. The van der Waals surface area contributed by atoms with E-state index in [0.717, 1.165) is 12.1 Å². The molecule has 1 aromatic carbocycles.